The SMILES string of the molecule is CC([O])CCC(=O)Nc1ccc(F)cc1. The molecule has 1 unspecified atom stereocenters. The van der Waals surface area contributed by atoms with Crippen LogP contribution in [0.3, 0.4) is 0 Å². The molecule has 0 aliphatic rings. The lowest BCUT2D eigenvalue weighted by Crippen LogP contribution is -2.13. The lowest BCUT2D eigenvalue weighted by molar-refractivity contribution is -0.116. The fourth-order valence-electron chi connectivity index (χ4n) is 1.09. The van der Waals surface area contributed by atoms with Gasteiger partial charge in [-0.1, -0.05) is 0 Å². The molecule has 81 valence electrons. The number of carbonyl (C=O) groups is 1. The maximum absolute atomic E-state index is 12.5. The Hall–Kier alpha value is -1.42. The summed E-state index contributed by atoms with van der Waals surface area (Å²) in [6.45, 7) is 1.52. The van der Waals surface area contributed by atoms with E-state index < -0.39 is 6.10 Å². The second-order valence-electron chi connectivity index (χ2n) is 3.40. The van der Waals surface area contributed by atoms with Crippen LogP contribution in [0.15, 0.2) is 24.3 Å². The Morgan fingerprint density at radius 3 is 2.53 bits per heavy atom. The van der Waals surface area contributed by atoms with Crippen LogP contribution in [0.2, 0.25) is 0 Å². The maximum Gasteiger partial charge on any atom is 0.224 e. The largest absolute Gasteiger partial charge is 0.326 e. The fourth-order valence-corrected chi connectivity index (χ4v) is 1.09. The van der Waals surface area contributed by atoms with Gasteiger partial charge in [0.2, 0.25) is 5.91 Å². The van der Waals surface area contributed by atoms with Gasteiger partial charge in [-0.25, -0.2) is 9.50 Å². The van der Waals surface area contributed by atoms with Gasteiger partial charge in [-0.2, -0.15) is 0 Å². The van der Waals surface area contributed by atoms with E-state index in [0.717, 1.165) is 0 Å². The highest BCUT2D eigenvalue weighted by atomic mass is 19.1. The number of anilines is 1. The molecule has 4 heteroatoms. The smallest absolute Gasteiger partial charge is 0.224 e. The number of nitrogens with one attached hydrogen (secondary N) is 1. The highest BCUT2D eigenvalue weighted by Gasteiger charge is 2.05. The van der Waals surface area contributed by atoms with Gasteiger partial charge in [-0.3, -0.25) is 4.79 Å². The van der Waals surface area contributed by atoms with E-state index in [-0.39, 0.29) is 18.1 Å². The van der Waals surface area contributed by atoms with Crippen molar-refractivity contribution in [2.75, 3.05) is 5.32 Å². The molecule has 1 atom stereocenters. The summed E-state index contributed by atoms with van der Waals surface area (Å²) in [5, 5.41) is 13.3. The Bertz CT molecular complexity index is 322. The first-order chi connectivity index (χ1) is 7.08. The topological polar surface area (TPSA) is 49.0 Å². The van der Waals surface area contributed by atoms with Gasteiger partial charge in [-0.15, -0.1) is 0 Å². The summed E-state index contributed by atoms with van der Waals surface area (Å²) in [7, 11) is 0. The lowest BCUT2D eigenvalue weighted by atomic mass is 10.2. The molecule has 1 aromatic carbocycles. The number of amides is 1. The quantitative estimate of drug-likeness (QED) is 0.814. The van der Waals surface area contributed by atoms with E-state index in [1.807, 2.05) is 0 Å². The summed E-state index contributed by atoms with van der Waals surface area (Å²) in [5.41, 5.74) is 0.542. The van der Waals surface area contributed by atoms with Crippen LogP contribution in [0.25, 0.3) is 0 Å². The standard InChI is InChI=1S/C11H13FNO2/c1-8(14)2-7-11(15)13-10-5-3-9(12)4-6-10/h3-6,8H,2,7H2,1H3,(H,13,15). The van der Waals surface area contributed by atoms with Crippen LogP contribution in [0, 0.1) is 5.82 Å². The monoisotopic (exact) mass is 210 g/mol. The summed E-state index contributed by atoms with van der Waals surface area (Å²) in [6.07, 6.45) is -0.223. The Balaban J connectivity index is 2.41. The third kappa shape index (κ3) is 4.56. The summed E-state index contributed by atoms with van der Waals surface area (Å²) < 4.78 is 12.5. The average Bonchev–Trinajstić information content (AvgIpc) is 2.19. The second kappa shape index (κ2) is 5.46. The van der Waals surface area contributed by atoms with Gasteiger partial charge in [0.15, 0.2) is 0 Å². The van der Waals surface area contributed by atoms with Crippen molar-refractivity contribution in [3.05, 3.63) is 30.1 Å². The summed E-state index contributed by atoms with van der Waals surface area (Å²) in [5.74, 6) is -0.564. The van der Waals surface area contributed by atoms with E-state index in [2.05, 4.69) is 5.32 Å². The zero-order valence-corrected chi connectivity index (χ0v) is 8.50. The number of benzene rings is 1. The summed E-state index contributed by atoms with van der Waals surface area (Å²) in [6, 6.07) is 5.50. The molecule has 15 heavy (non-hydrogen) atoms. The first kappa shape index (κ1) is 11.7. The predicted octanol–water partition coefficient (Wildman–Crippen LogP) is 2.36. The molecule has 1 N–H and O–H groups in total. The minimum absolute atomic E-state index is 0.196. The van der Waals surface area contributed by atoms with Crippen LogP contribution in [0.5, 0.6) is 0 Å². The molecule has 0 fully saturated rings. The maximum atomic E-state index is 12.5. The fraction of sp³-hybridized carbons (Fsp3) is 0.364. The zero-order chi connectivity index (χ0) is 11.3. The van der Waals surface area contributed by atoms with Gasteiger partial charge in [0.05, 0.1) is 6.10 Å². The van der Waals surface area contributed by atoms with Crippen LogP contribution >= 0.6 is 0 Å². The van der Waals surface area contributed by atoms with Gasteiger partial charge < -0.3 is 5.32 Å². The number of hydrogen-bond acceptors (Lipinski definition) is 1. The van der Waals surface area contributed by atoms with Crippen LogP contribution in [-0.2, 0) is 9.90 Å². The summed E-state index contributed by atoms with van der Waals surface area (Å²) in [4.78, 5) is 11.3. The molecule has 0 saturated heterocycles. The van der Waals surface area contributed by atoms with Gasteiger partial charge in [-0.05, 0) is 37.6 Å². The van der Waals surface area contributed by atoms with Crippen molar-refractivity contribution in [2.24, 2.45) is 0 Å². The predicted molar refractivity (Wildman–Crippen MR) is 54.4 cm³/mol. The molecule has 0 aliphatic carbocycles. The Labute approximate surface area is 87.9 Å². The van der Waals surface area contributed by atoms with Crippen molar-refractivity contribution < 1.29 is 14.3 Å². The minimum Gasteiger partial charge on any atom is -0.326 e. The molecule has 1 amide bonds. The Morgan fingerprint density at radius 2 is 2.00 bits per heavy atom. The minimum atomic E-state index is -0.732. The van der Waals surface area contributed by atoms with Gasteiger partial charge in [0.25, 0.3) is 0 Å². The van der Waals surface area contributed by atoms with Crippen LogP contribution in [0.4, 0.5) is 10.1 Å². The van der Waals surface area contributed by atoms with E-state index in [9.17, 15) is 14.3 Å². The molecular formula is C11H13FNO2. The molecule has 0 spiro atoms. The molecule has 0 heterocycles. The lowest BCUT2D eigenvalue weighted by Gasteiger charge is -2.05. The van der Waals surface area contributed by atoms with Crippen LogP contribution in [0.1, 0.15) is 19.8 Å². The molecule has 1 aromatic rings. The molecule has 3 nitrogen and oxygen atoms in total. The van der Waals surface area contributed by atoms with Crippen molar-refractivity contribution in [1.82, 2.24) is 0 Å². The summed E-state index contributed by atoms with van der Waals surface area (Å²) >= 11 is 0. The van der Waals surface area contributed by atoms with Gasteiger partial charge >= 0.3 is 0 Å². The van der Waals surface area contributed by atoms with E-state index in [4.69, 9.17) is 0 Å². The van der Waals surface area contributed by atoms with Gasteiger partial charge in [0, 0.05) is 12.1 Å². The molecule has 0 saturated carbocycles. The van der Waals surface area contributed by atoms with Crippen LogP contribution < -0.4 is 5.32 Å². The second-order valence-corrected chi connectivity index (χ2v) is 3.40. The highest BCUT2D eigenvalue weighted by Crippen LogP contribution is 2.09. The van der Waals surface area contributed by atoms with E-state index >= 15 is 0 Å². The number of hydrogen-bond donors (Lipinski definition) is 1. The Kier molecular flexibility index (Phi) is 4.24. The van der Waals surface area contributed by atoms with Crippen molar-refractivity contribution in [3.63, 3.8) is 0 Å². The van der Waals surface area contributed by atoms with E-state index in [1.165, 1.54) is 31.2 Å². The third-order valence-corrected chi connectivity index (χ3v) is 1.91. The number of carbonyl (C=O) groups excluding carboxylic acids is 1. The van der Waals surface area contributed by atoms with Gasteiger partial charge in [0.1, 0.15) is 5.82 Å². The molecule has 0 aliphatic heterocycles. The van der Waals surface area contributed by atoms with Crippen molar-refractivity contribution in [3.8, 4) is 0 Å². The normalized spacial score (nSPS) is 12.2. The number of halogens is 1. The average molecular weight is 210 g/mol. The van der Waals surface area contributed by atoms with Crippen molar-refractivity contribution in [2.45, 2.75) is 25.9 Å². The van der Waals surface area contributed by atoms with E-state index in [1.54, 1.807) is 0 Å². The zero-order valence-electron chi connectivity index (χ0n) is 8.50. The molecule has 1 rings (SSSR count). The highest BCUT2D eigenvalue weighted by molar-refractivity contribution is 5.90. The first-order valence-electron chi connectivity index (χ1n) is 4.79. The molecule has 0 bridgehead atoms. The Morgan fingerprint density at radius 1 is 1.40 bits per heavy atom. The molecular weight excluding hydrogens is 197 g/mol. The van der Waals surface area contributed by atoms with Crippen molar-refractivity contribution in [1.29, 1.82) is 0 Å². The number of rotatable bonds is 4. The van der Waals surface area contributed by atoms with E-state index in [0.29, 0.717) is 12.1 Å². The molecule has 0 aromatic heterocycles. The van der Waals surface area contributed by atoms with Crippen molar-refractivity contribution >= 4 is 11.6 Å². The molecule has 1 radical (unpaired) electrons. The first-order valence-corrected chi connectivity index (χ1v) is 4.79. The third-order valence-electron chi connectivity index (χ3n) is 1.91. The van der Waals surface area contributed by atoms with Crippen LogP contribution in [-0.4, -0.2) is 12.0 Å².